The van der Waals surface area contributed by atoms with E-state index in [2.05, 4.69) is 10.1 Å². The first-order valence-corrected chi connectivity index (χ1v) is 3.03. The molecule has 0 aliphatic heterocycles. The van der Waals surface area contributed by atoms with E-state index in [9.17, 15) is 0 Å². The Kier molecular flexibility index (Phi) is 1.58. The molecule has 0 aromatic carbocycles. The molecule has 56 valence electrons. The second kappa shape index (κ2) is 2.26. The van der Waals surface area contributed by atoms with Crippen LogP contribution in [0.4, 0.5) is 5.95 Å². The SMILES string of the molecule is CC(N)c1nc(N)nn1C. The van der Waals surface area contributed by atoms with Gasteiger partial charge in [0.2, 0.25) is 5.95 Å². The number of rotatable bonds is 1. The van der Waals surface area contributed by atoms with E-state index in [0.717, 1.165) is 0 Å². The molecule has 10 heavy (non-hydrogen) atoms. The molecule has 0 aliphatic carbocycles. The van der Waals surface area contributed by atoms with Crippen molar-refractivity contribution >= 4 is 5.95 Å². The van der Waals surface area contributed by atoms with Crippen molar-refractivity contribution in [3.63, 3.8) is 0 Å². The third kappa shape index (κ3) is 1.08. The molecule has 0 spiro atoms. The van der Waals surface area contributed by atoms with E-state index in [4.69, 9.17) is 11.5 Å². The van der Waals surface area contributed by atoms with Crippen LogP contribution in [0, 0.1) is 0 Å². The Morgan fingerprint density at radius 3 is 2.40 bits per heavy atom. The van der Waals surface area contributed by atoms with Gasteiger partial charge in [0.15, 0.2) is 0 Å². The molecule has 0 fully saturated rings. The summed E-state index contributed by atoms with van der Waals surface area (Å²) in [5, 5.41) is 3.84. The minimum atomic E-state index is -0.116. The fourth-order valence-electron chi connectivity index (χ4n) is 0.814. The third-order valence-corrected chi connectivity index (χ3v) is 1.22. The molecule has 1 aromatic heterocycles. The van der Waals surface area contributed by atoms with Crippen LogP contribution in [0.3, 0.4) is 0 Å². The van der Waals surface area contributed by atoms with Crippen molar-refractivity contribution in [3.8, 4) is 0 Å². The summed E-state index contributed by atoms with van der Waals surface area (Å²) in [6.07, 6.45) is 0. The van der Waals surface area contributed by atoms with Crippen LogP contribution in [0.25, 0.3) is 0 Å². The highest BCUT2D eigenvalue weighted by atomic mass is 15.4. The van der Waals surface area contributed by atoms with Gasteiger partial charge in [-0.3, -0.25) is 0 Å². The number of hydrogen-bond acceptors (Lipinski definition) is 4. The van der Waals surface area contributed by atoms with E-state index < -0.39 is 0 Å². The van der Waals surface area contributed by atoms with Crippen molar-refractivity contribution in [1.82, 2.24) is 14.8 Å². The molecule has 0 radical (unpaired) electrons. The standard InChI is InChI=1S/C5H11N5/c1-3(6)4-8-5(7)9-10(4)2/h3H,6H2,1-2H3,(H2,7,9). The lowest BCUT2D eigenvalue weighted by Gasteiger charge is -2.00. The van der Waals surface area contributed by atoms with E-state index in [-0.39, 0.29) is 12.0 Å². The number of aromatic nitrogens is 3. The maximum absolute atomic E-state index is 5.55. The molecule has 0 bridgehead atoms. The van der Waals surface area contributed by atoms with Crippen molar-refractivity contribution < 1.29 is 0 Å². The molecule has 1 atom stereocenters. The summed E-state index contributed by atoms with van der Waals surface area (Å²) in [7, 11) is 1.77. The fraction of sp³-hybridized carbons (Fsp3) is 0.600. The first-order chi connectivity index (χ1) is 4.61. The Morgan fingerprint density at radius 2 is 2.20 bits per heavy atom. The van der Waals surface area contributed by atoms with E-state index in [1.807, 2.05) is 6.92 Å². The van der Waals surface area contributed by atoms with Crippen molar-refractivity contribution in [2.75, 3.05) is 5.73 Å². The Hall–Kier alpha value is -1.10. The zero-order valence-electron chi connectivity index (χ0n) is 6.07. The molecule has 4 N–H and O–H groups in total. The van der Waals surface area contributed by atoms with Crippen molar-refractivity contribution in [1.29, 1.82) is 0 Å². The number of aryl methyl sites for hydroxylation is 1. The molecule has 1 unspecified atom stereocenters. The van der Waals surface area contributed by atoms with Crippen LogP contribution in [-0.2, 0) is 7.05 Å². The van der Waals surface area contributed by atoms with Crippen LogP contribution in [0.15, 0.2) is 0 Å². The number of nitrogens with two attached hydrogens (primary N) is 2. The fourth-order valence-corrected chi connectivity index (χ4v) is 0.814. The normalized spacial score (nSPS) is 13.5. The lowest BCUT2D eigenvalue weighted by Crippen LogP contribution is -2.11. The summed E-state index contributed by atoms with van der Waals surface area (Å²) in [5.41, 5.74) is 10.9. The molecule has 0 amide bonds. The van der Waals surface area contributed by atoms with Gasteiger partial charge in [0.05, 0.1) is 6.04 Å². The summed E-state index contributed by atoms with van der Waals surface area (Å²) >= 11 is 0. The van der Waals surface area contributed by atoms with Crippen molar-refractivity contribution in [3.05, 3.63) is 5.82 Å². The van der Waals surface area contributed by atoms with Gasteiger partial charge in [0.25, 0.3) is 0 Å². The first-order valence-electron chi connectivity index (χ1n) is 3.03. The highest BCUT2D eigenvalue weighted by Gasteiger charge is 2.07. The van der Waals surface area contributed by atoms with E-state index in [0.29, 0.717) is 5.82 Å². The lowest BCUT2D eigenvalue weighted by molar-refractivity contribution is 0.639. The Balaban J connectivity index is 3.03. The largest absolute Gasteiger partial charge is 0.366 e. The maximum atomic E-state index is 5.55. The Labute approximate surface area is 59.0 Å². The second-order valence-electron chi connectivity index (χ2n) is 2.24. The summed E-state index contributed by atoms with van der Waals surface area (Å²) in [4.78, 5) is 3.91. The van der Waals surface area contributed by atoms with Gasteiger partial charge < -0.3 is 11.5 Å². The lowest BCUT2D eigenvalue weighted by atomic mass is 10.3. The summed E-state index contributed by atoms with van der Waals surface area (Å²) < 4.78 is 1.58. The highest BCUT2D eigenvalue weighted by Crippen LogP contribution is 2.05. The van der Waals surface area contributed by atoms with Gasteiger partial charge in [-0.05, 0) is 6.92 Å². The molecular formula is C5H11N5. The zero-order valence-corrected chi connectivity index (χ0v) is 6.07. The van der Waals surface area contributed by atoms with Gasteiger partial charge in [-0.2, -0.15) is 4.98 Å². The second-order valence-corrected chi connectivity index (χ2v) is 2.24. The molecule has 5 nitrogen and oxygen atoms in total. The zero-order chi connectivity index (χ0) is 7.72. The van der Waals surface area contributed by atoms with Gasteiger partial charge in [-0.15, -0.1) is 5.10 Å². The van der Waals surface area contributed by atoms with Crippen LogP contribution in [0.5, 0.6) is 0 Å². The molecule has 1 aromatic rings. The average Bonchev–Trinajstić information content (AvgIpc) is 2.10. The van der Waals surface area contributed by atoms with Crippen LogP contribution >= 0.6 is 0 Å². The summed E-state index contributed by atoms with van der Waals surface area (Å²) in [5.74, 6) is 0.979. The van der Waals surface area contributed by atoms with Crippen molar-refractivity contribution in [2.45, 2.75) is 13.0 Å². The van der Waals surface area contributed by atoms with Crippen LogP contribution < -0.4 is 11.5 Å². The number of hydrogen-bond donors (Lipinski definition) is 2. The Morgan fingerprint density at radius 1 is 1.60 bits per heavy atom. The number of anilines is 1. The van der Waals surface area contributed by atoms with Crippen LogP contribution in [0.2, 0.25) is 0 Å². The van der Waals surface area contributed by atoms with E-state index in [1.54, 1.807) is 11.7 Å². The quantitative estimate of drug-likeness (QED) is 0.548. The number of nitrogens with zero attached hydrogens (tertiary/aromatic N) is 3. The van der Waals surface area contributed by atoms with Gasteiger partial charge in [0.1, 0.15) is 5.82 Å². The van der Waals surface area contributed by atoms with Crippen LogP contribution in [-0.4, -0.2) is 14.8 Å². The van der Waals surface area contributed by atoms with E-state index in [1.165, 1.54) is 0 Å². The molecule has 0 aliphatic rings. The molecule has 1 heterocycles. The predicted molar refractivity (Wildman–Crippen MR) is 38.0 cm³/mol. The minimum Gasteiger partial charge on any atom is -0.366 e. The van der Waals surface area contributed by atoms with Gasteiger partial charge in [-0.1, -0.05) is 0 Å². The van der Waals surface area contributed by atoms with Gasteiger partial charge >= 0.3 is 0 Å². The minimum absolute atomic E-state index is 0.116. The average molecular weight is 141 g/mol. The number of nitrogen functional groups attached to an aromatic ring is 1. The van der Waals surface area contributed by atoms with Crippen LogP contribution in [0.1, 0.15) is 18.8 Å². The summed E-state index contributed by atoms with van der Waals surface area (Å²) in [6.45, 7) is 1.84. The molecule has 0 saturated carbocycles. The maximum Gasteiger partial charge on any atom is 0.239 e. The smallest absolute Gasteiger partial charge is 0.239 e. The molecule has 0 saturated heterocycles. The molecule has 5 heteroatoms. The molecule has 1 rings (SSSR count). The van der Waals surface area contributed by atoms with Gasteiger partial charge in [0, 0.05) is 7.05 Å². The molecular weight excluding hydrogens is 130 g/mol. The first kappa shape index (κ1) is 7.01. The Bertz CT molecular complexity index is 226. The van der Waals surface area contributed by atoms with E-state index >= 15 is 0 Å². The summed E-state index contributed by atoms with van der Waals surface area (Å²) in [6, 6.07) is -0.116. The van der Waals surface area contributed by atoms with Gasteiger partial charge in [-0.25, -0.2) is 4.68 Å². The topological polar surface area (TPSA) is 82.8 Å². The monoisotopic (exact) mass is 141 g/mol. The predicted octanol–water partition coefficient (Wildman–Crippen LogP) is -0.583. The highest BCUT2D eigenvalue weighted by molar-refractivity contribution is 5.14. The third-order valence-electron chi connectivity index (χ3n) is 1.22. The van der Waals surface area contributed by atoms with Crippen molar-refractivity contribution in [2.24, 2.45) is 12.8 Å².